The lowest BCUT2D eigenvalue weighted by molar-refractivity contribution is -0.125. The first kappa shape index (κ1) is 21.2. The summed E-state index contributed by atoms with van der Waals surface area (Å²) in [5.74, 6) is 0.640. The van der Waals surface area contributed by atoms with Crippen molar-refractivity contribution in [3.63, 3.8) is 0 Å². The van der Waals surface area contributed by atoms with Crippen LogP contribution in [0, 0.1) is 6.92 Å². The van der Waals surface area contributed by atoms with Crippen LogP contribution in [0.5, 0.6) is 0 Å². The normalized spacial score (nSPS) is 14.1. The van der Waals surface area contributed by atoms with Crippen LogP contribution in [0.4, 0.5) is 5.69 Å². The van der Waals surface area contributed by atoms with Crippen LogP contribution in [0.25, 0.3) is 5.69 Å². The lowest BCUT2D eigenvalue weighted by atomic mass is 10.1. The Morgan fingerprint density at radius 2 is 1.74 bits per heavy atom. The highest BCUT2D eigenvalue weighted by Crippen LogP contribution is 2.39. The zero-order valence-electron chi connectivity index (χ0n) is 17.7. The Balaban J connectivity index is 1.42. The second-order valence-corrected chi connectivity index (χ2v) is 8.66. The van der Waals surface area contributed by atoms with Gasteiger partial charge < -0.3 is 10.2 Å². The minimum atomic E-state index is -0.118. The molecule has 2 heterocycles. The van der Waals surface area contributed by atoms with E-state index in [1.54, 1.807) is 16.7 Å². The molecule has 6 nitrogen and oxygen atoms in total. The standard InChI is InChI=1S/C24H26N4O2S/c1-17(19-9-5-3-6-10-19)25-21(29)13-14-22(30)27-15-16-31-24-23(27)18(2)26-28(24)20-11-7-4-8-12-20/h3-12,17H,13-16H2,1-2H3,(H,25,29)/t17-/m1/s1. The van der Waals surface area contributed by atoms with Gasteiger partial charge in [0.05, 0.1) is 23.1 Å². The van der Waals surface area contributed by atoms with Gasteiger partial charge in [0.25, 0.3) is 0 Å². The molecule has 0 bridgehead atoms. The molecule has 0 fully saturated rings. The fourth-order valence-corrected chi connectivity index (χ4v) is 4.90. The van der Waals surface area contributed by atoms with Gasteiger partial charge in [0.1, 0.15) is 5.03 Å². The third-order valence-corrected chi connectivity index (χ3v) is 6.38. The van der Waals surface area contributed by atoms with Crippen LogP contribution in [-0.4, -0.2) is 33.9 Å². The number of rotatable bonds is 6. The first-order valence-electron chi connectivity index (χ1n) is 10.5. The minimum absolute atomic E-state index is 0.0419. The van der Waals surface area contributed by atoms with Gasteiger partial charge in [-0.2, -0.15) is 5.10 Å². The van der Waals surface area contributed by atoms with Gasteiger partial charge in [-0.3, -0.25) is 9.59 Å². The van der Waals surface area contributed by atoms with Crippen LogP contribution in [0.15, 0.2) is 65.7 Å². The van der Waals surface area contributed by atoms with Gasteiger partial charge in [0.2, 0.25) is 11.8 Å². The Morgan fingerprint density at radius 3 is 2.45 bits per heavy atom. The molecule has 160 valence electrons. The summed E-state index contributed by atoms with van der Waals surface area (Å²) >= 11 is 1.71. The van der Waals surface area contributed by atoms with Crippen molar-refractivity contribution in [2.45, 2.75) is 37.8 Å². The lowest BCUT2D eigenvalue weighted by Crippen LogP contribution is -2.36. The van der Waals surface area contributed by atoms with Crippen molar-refractivity contribution >= 4 is 29.3 Å². The number of aryl methyl sites for hydroxylation is 1. The molecule has 3 aromatic rings. The van der Waals surface area contributed by atoms with Crippen LogP contribution < -0.4 is 10.2 Å². The van der Waals surface area contributed by atoms with Crippen molar-refractivity contribution in [3.8, 4) is 5.69 Å². The van der Waals surface area contributed by atoms with E-state index in [2.05, 4.69) is 10.4 Å². The predicted octanol–water partition coefficient (Wildman–Crippen LogP) is 4.28. The monoisotopic (exact) mass is 434 g/mol. The molecule has 2 amide bonds. The summed E-state index contributed by atoms with van der Waals surface area (Å²) in [4.78, 5) is 27.2. The van der Waals surface area contributed by atoms with Gasteiger partial charge in [-0.25, -0.2) is 4.68 Å². The molecule has 1 aliphatic heterocycles. The molecule has 0 aliphatic carbocycles. The first-order chi connectivity index (χ1) is 15.0. The lowest BCUT2D eigenvalue weighted by Gasteiger charge is -2.27. The highest BCUT2D eigenvalue weighted by atomic mass is 32.2. The third kappa shape index (κ3) is 4.66. The van der Waals surface area contributed by atoms with Gasteiger partial charge in [0, 0.05) is 25.1 Å². The molecule has 1 aliphatic rings. The summed E-state index contributed by atoms with van der Waals surface area (Å²) in [7, 11) is 0. The quantitative estimate of drug-likeness (QED) is 0.629. The largest absolute Gasteiger partial charge is 0.350 e. The van der Waals surface area contributed by atoms with Gasteiger partial charge >= 0.3 is 0 Å². The molecule has 0 saturated carbocycles. The van der Waals surface area contributed by atoms with E-state index in [0.717, 1.165) is 33.4 Å². The number of carbonyl (C=O) groups is 2. The SMILES string of the molecule is Cc1nn(-c2ccccc2)c2c1N(C(=O)CCC(=O)N[C@H](C)c1ccccc1)CCS2. The number of hydrogen-bond acceptors (Lipinski definition) is 4. The highest BCUT2D eigenvalue weighted by Gasteiger charge is 2.30. The molecule has 0 saturated heterocycles. The number of anilines is 1. The topological polar surface area (TPSA) is 67.2 Å². The molecule has 0 spiro atoms. The van der Waals surface area contributed by atoms with Crippen molar-refractivity contribution in [2.24, 2.45) is 0 Å². The molecule has 0 unspecified atom stereocenters. The van der Waals surface area contributed by atoms with Crippen molar-refractivity contribution < 1.29 is 9.59 Å². The Kier molecular flexibility index (Phi) is 6.42. The van der Waals surface area contributed by atoms with E-state index in [1.165, 1.54) is 0 Å². The van der Waals surface area contributed by atoms with Crippen molar-refractivity contribution in [1.82, 2.24) is 15.1 Å². The second-order valence-electron chi connectivity index (χ2n) is 7.58. The Hall–Kier alpha value is -3.06. The number of nitrogens with one attached hydrogen (secondary N) is 1. The second kappa shape index (κ2) is 9.39. The molecule has 4 rings (SSSR count). The summed E-state index contributed by atoms with van der Waals surface area (Å²) in [6.45, 7) is 4.50. The van der Waals surface area contributed by atoms with Crippen LogP contribution in [0.3, 0.4) is 0 Å². The maximum atomic E-state index is 13.0. The summed E-state index contributed by atoms with van der Waals surface area (Å²) in [5, 5.41) is 8.64. The number of para-hydroxylation sites is 1. The minimum Gasteiger partial charge on any atom is -0.350 e. The zero-order chi connectivity index (χ0) is 21.8. The number of hydrogen-bond donors (Lipinski definition) is 1. The van der Waals surface area contributed by atoms with E-state index in [-0.39, 0.29) is 30.7 Å². The third-order valence-electron chi connectivity index (χ3n) is 5.36. The van der Waals surface area contributed by atoms with Crippen LogP contribution in [0.1, 0.15) is 37.1 Å². The number of thioether (sulfide) groups is 1. The molecule has 31 heavy (non-hydrogen) atoms. The number of benzene rings is 2. The van der Waals surface area contributed by atoms with E-state index < -0.39 is 0 Å². The maximum Gasteiger partial charge on any atom is 0.227 e. The number of fused-ring (bicyclic) bond motifs is 1. The highest BCUT2D eigenvalue weighted by molar-refractivity contribution is 7.99. The number of nitrogens with zero attached hydrogens (tertiary/aromatic N) is 3. The molecule has 1 N–H and O–H groups in total. The fraction of sp³-hybridized carbons (Fsp3) is 0.292. The van der Waals surface area contributed by atoms with Gasteiger partial charge in [-0.05, 0) is 31.5 Å². The van der Waals surface area contributed by atoms with E-state index in [1.807, 2.05) is 79.2 Å². The van der Waals surface area contributed by atoms with Gasteiger partial charge in [-0.1, -0.05) is 48.5 Å². The number of carbonyl (C=O) groups excluding carboxylic acids is 2. The van der Waals surface area contributed by atoms with Crippen LogP contribution >= 0.6 is 11.8 Å². The molecule has 2 aromatic carbocycles. The molecular formula is C24H26N4O2S. The predicted molar refractivity (Wildman–Crippen MR) is 124 cm³/mol. The van der Waals surface area contributed by atoms with Crippen molar-refractivity contribution in [2.75, 3.05) is 17.2 Å². The molecular weight excluding hydrogens is 408 g/mol. The summed E-state index contributed by atoms with van der Waals surface area (Å²) in [6, 6.07) is 19.7. The number of amides is 2. The fourth-order valence-electron chi connectivity index (χ4n) is 3.77. The summed E-state index contributed by atoms with van der Waals surface area (Å²) in [6.07, 6.45) is 0.342. The average Bonchev–Trinajstić information content (AvgIpc) is 3.15. The van der Waals surface area contributed by atoms with Crippen molar-refractivity contribution in [1.29, 1.82) is 0 Å². The van der Waals surface area contributed by atoms with Crippen LogP contribution in [-0.2, 0) is 9.59 Å². The average molecular weight is 435 g/mol. The number of aromatic nitrogens is 2. The van der Waals surface area contributed by atoms with Crippen LogP contribution in [0.2, 0.25) is 0 Å². The first-order valence-corrected chi connectivity index (χ1v) is 11.5. The summed E-state index contributed by atoms with van der Waals surface area (Å²) < 4.78 is 1.91. The smallest absolute Gasteiger partial charge is 0.227 e. The maximum absolute atomic E-state index is 13.0. The molecule has 7 heteroatoms. The van der Waals surface area contributed by atoms with Crippen molar-refractivity contribution in [3.05, 3.63) is 71.9 Å². The van der Waals surface area contributed by atoms with Gasteiger partial charge in [0.15, 0.2) is 0 Å². The van der Waals surface area contributed by atoms with E-state index in [9.17, 15) is 9.59 Å². The Morgan fingerprint density at radius 1 is 1.06 bits per heavy atom. The van der Waals surface area contributed by atoms with Gasteiger partial charge in [-0.15, -0.1) is 11.8 Å². The zero-order valence-corrected chi connectivity index (χ0v) is 18.6. The molecule has 1 aromatic heterocycles. The Bertz CT molecular complexity index is 1070. The Labute approximate surface area is 186 Å². The van der Waals surface area contributed by atoms with E-state index in [0.29, 0.717) is 6.54 Å². The molecule has 1 atom stereocenters. The van der Waals surface area contributed by atoms with E-state index >= 15 is 0 Å². The summed E-state index contributed by atoms with van der Waals surface area (Å²) in [5.41, 5.74) is 3.71. The van der Waals surface area contributed by atoms with E-state index in [4.69, 9.17) is 0 Å². The molecule has 0 radical (unpaired) electrons.